The second kappa shape index (κ2) is 8.70. The first-order chi connectivity index (χ1) is 12.2. The number of hydrazone groups is 1. The zero-order valence-corrected chi connectivity index (χ0v) is 16.6. The van der Waals surface area contributed by atoms with Crippen LogP contribution in [0.3, 0.4) is 0 Å². The van der Waals surface area contributed by atoms with Crippen molar-refractivity contribution in [2.45, 2.75) is 6.54 Å². The van der Waals surface area contributed by atoms with Gasteiger partial charge in [-0.25, -0.2) is 0 Å². The Morgan fingerprint density at radius 2 is 2.00 bits per heavy atom. The molecule has 2 aromatic carbocycles. The Morgan fingerprint density at radius 1 is 1.24 bits per heavy atom. The van der Waals surface area contributed by atoms with E-state index in [0.717, 1.165) is 53.5 Å². The van der Waals surface area contributed by atoms with E-state index in [1.54, 1.807) is 12.0 Å². The molecule has 6 heteroatoms. The van der Waals surface area contributed by atoms with Crippen LogP contribution in [0.4, 0.5) is 0 Å². The van der Waals surface area contributed by atoms with Crippen LogP contribution in [0.2, 0.25) is 5.02 Å². The molecular weight excluding hydrogens is 402 g/mol. The number of ether oxygens (including phenoxy) is 1. The third kappa shape index (κ3) is 4.97. The molecule has 1 N–H and O–H groups in total. The summed E-state index contributed by atoms with van der Waals surface area (Å²) < 4.78 is 6.41. The van der Waals surface area contributed by atoms with Gasteiger partial charge >= 0.3 is 0 Å². The molecule has 0 unspecified atom stereocenters. The van der Waals surface area contributed by atoms with Crippen molar-refractivity contribution in [2.24, 2.45) is 5.10 Å². The Morgan fingerprint density at radius 3 is 2.72 bits per heavy atom. The number of nitrogens with one attached hydrogen (secondary N) is 1. The van der Waals surface area contributed by atoms with Crippen LogP contribution in [0.15, 0.2) is 52.0 Å². The van der Waals surface area contributed by atoms with Gasteiger partial charge in [-0.2, -0.15) is 5.10 Å². The largest absolute Gasteiger partial charge is 0.496 e. The van der Waals surface area contributed by atoms with Gasteiger partial charge < -0.3 is 9.64 Å². The number of hydrogen-bond acceptors (Lipinski definition) is 3. The van der Waals surface area contributed by atoms with Crippen LogP contribution < -0.4 is 9.64 Å². The van der Waals surface area contributed by atoms with Gasteiger partial charge in [0.05, 0.1) is 39.5 Å². The van der Waals surface area contributed by atoms with Crippen molar-refractivity contribution < 1.29 is 9.64 Å². The zero-order chi connectivity index (χ0) is 17.6. The lowest BCUT2D eigenvalue weighted by atomic mass is 10.2. The molecule has 0 radical (unpaired) electrons. The van der Waals surface area contributed by atoms with Crippen molar-refractivity contribution in [1.29, 1.82) is 0 Å². The van der Waals surface area contributed by atoms with Crippen molar-refractivity contribution in [3.8, 4) is 5.75 Å². The lowest BCUT2D eigenvalue weighted by molar-refractivity contribution is -0.918. The van der Waals surface area contributed by atoms with Gasteiger partial charge in [0.25, 0.3) is 0 Å². The number of piperazine rings is 1. The Hall–Kier alpha value is -1.56. The minimum Gasteiger partial charge on any atom is -0.496 e. The van der Waals surface area contributed by atoms with Crippen LogP contribution in [-0.4, -0.2) is 44.5 Å². The average molecular weight is 424 g/mol. The summed E-state index contributed by atoms with van der Waals surface area (Å²) >= 11 is 9.76. The second-order valence-electron chi connectivity index (χ2n) is 6.10. The maximum absolute atomic E-state index is 6.27. The van der Waals surface area contributed by atoms with E-state index in [9.17, 15) is 0 Å². The predicted octanol–water partition coefficient (Wildman–Crippen LogP) is 2.85. The molecule has 132 valence electrons. The highest BCUT2D eigenvalue weighted by atomic mass is 79.9. The Bertz CT molecular complexity index is 745. The summed E-state index contributed by atoms with van der Waals surface area (Å²) in [5.41, 5.74) is 2.19. The van der Waals surface area contributed by atoms with Crippen LogP contribution in [0.25, 0.3) is 0 Å². The molecule has 1 fully saturated rings. The molecular formula is C19H22BrClN3O+. The molecule has 0 spiro atoms. The molecule has 0 amide bonds. The van der Waals surface area contributed by atoms with E-state index in [0.29, 0.717) is 0 Å². The van der Waals surface area contributed by atoms with Crippen molar-refractivity contribution in [1.82, 2.24) is 5.01 Å². The molecule has 0 aliphatic carbocycles. The third-order valence-electron chi connectivity index (χ3n) is 4.40. The lowest BCUT2D eigenvalue weighted by Crippen LogP contribution is -3.13. The molecule has 0 bridgehead atoms. The maximum Gasteiger partial charge on any atom is 0.127 e. The molecule has 2 aromatic rings. The monoisotopic (exact) mass is 422 g/mol. The maximum atomic E-state index is 6.27. The van der Waals surface area contributed by atoms with Gasteiger partial charge in [0.1, 0.15) is 12.3 Å². The minimum atomic E-state index is 0.829. The smallest absolute Gasteiger partial charge is 0.127 e. The number of halogens is 2. The number of benzene rings is 2. The Labute approximate surface area is 162 Å². The van der Waals surface area contributed by atoms with Gasteiger partial charge in [-0.3, -0.25) is 5.01 Å². The highest BCUT2D eigenvalue weighted by Gasteiger charge is 2.19. The normalized spacial score (nSPS) is 15.7. The fourth-order valence-corrected chi connectivity index (χ4v) is 3.55. The summed E-state index contributed by atoms with van der Waals surface area (Å²) in [6.45, 7) is 4.95. The molecule has 25 heavy (non-hydrogen) atoms. The van der Waals surface area contributed by atoms with E-state index in [-0.39, 0.29) is 0 Å². The molecule has 0 saturated carbocycles. The van der Waals surface area contributed by atoms with Crippen molar-refractivity contribution in [3.05, 3.63) is 63.1 Å². The van der Waals surface area contributed by atoms with E-state index < -0.39 is 0 Å². The second-order valence-corrected chi connectivity index (χ2v) is 7.43. The quantitative estimate of drug-likeness (QED) is 0.749. The van der Waals surface area contributed by atoms with Gasteiger partial charge in [-0.15, -0.1) is 0 Å². The summed E-state index contributed by atoms with van der Waals surface area (Å²) in [5, 5.41) is 7.61. The van der Waals surface area contributed by atoms with Crippen molar-refractivity contribution in [2.75, 3.05) is 33.3 Å². The first kappa shape index (κ1) is 18.2. The highest BCUT2D eigenvalue weighted by Crippen LogP contribution is 2.21. The molecule has 1 saturated heterocycles. The standard InChI is InChI=1S/C19H21BrClN3O/c1-25-19-7-6-17(20)12-16(19)13-22-24-10-8-23(9-11-24)14-15-4-2-3-5-18(15)21/h2-7,12-13H,8-11,14H2,1H3/p+1/b22-13-. The van der Waals surface area contributed by atoms with Gasteiger partial charge in [-0.05, 0) is 24.3 Å². The predicted molar refractivity (Wildman–Crippen MR) is 106 cm³/mol. The average Bonchev–Trinajstić information content (AvgIpc) is 2.63. The molecule has 0 aromatic heterocycles. The SMILES string of the molecule is COc1ccc(Br)cc1/C=N\N1CC[NH+](Cc2ccccc2Cl)CC1. The number of hydrogen-bond donors (Lipinski definition) is 1. The fraction of sp³-hybridized carbons (Fsp3) is 0.316. The van der Waals surface area contributed by atoms with Gasteiger partial charge in [0.2, 0.25) is 0 Å². The highest BCUT2D eigenvalue weighted by molar-refractivity contribution is 9.10. The summed E-state index contributed by atoms with van der Waals surface area (Å²) in [6.07, 6.45) is 1.88. The topological polar surface area (TPSA) is 29.3 Å². The van der Waals surface area contributed by atoms with E-state index >= 15 is 0 Å². The lowest BCUT2D eigenvalue weighted by Gasteiger charge is -2.30. The van der Waals surface area contributed by atoms with Crippen LogP contribution in [-0.2, 0) is 6.54 Å². The number of rotatable bonds is 5. The molecule has 1 heterocycles. The summed E-state index contributed by atoms with van der Waals surface area (Å²) in [7, 11) is 1.68. The summed E-state index contributed by atoms with van der Waals surface area (Å²) in [6, 6.07) is 14.0. The van der Waals surface area contributed by atoms with Crippen molar-refractivity contribution in [3.63, 3.8) is 0 Å². The van der Waals surface area contributed by atoms with Crippen LogP contribution in [0.1, 0.15) is 11.1 Å². The molecule has 0 atom stereocenters. The number of nitrogens with zero attached hydrogens (tertiary/aromatic N) is 2. The van der Waals surface area contributed by atoms with Crippen LogP contribution >= 0.6 is 27.5 Å². The molecule has 1 aliphatic rings. The van der Waals surface area contributed by atoms with E-state index in [2.05, 4.69) is 32.1 Å². The first-order valence-corrected chi connectivity index (χ1v) is 9.52. The first-order valence-electron chi connectivity index (χ1n) is 8.35. The number of quaternary nitrogens is 1. The fourth-order valence-electron chi connectivity index (χ4n) is 2.96. The molecule has 4 nitrogen and oxygen atoms in total. The van der Waals surface area contributed by atoms with Crippen LogP contribution in [0.5, 0.6) is 5.75 Å². The Balaban J connectivity index is 1.56. The van der Waals surface area contributed by atoms with Gasteiger partial charge in [0.15, 0.2) is 0 Å². The molecule has 3 rings (SSSR count). The third-order valence-corrected chi connectivity index (χ3v) is 5.26. The summed E-state index contributed by atoms with van der Waals surface area (Å²) in [5.74, 6) is 0.829. The Kier molecular flexibility index (Phi) is 6.34. The van der Waals surface area contributed by atoms with E-state index in [4.69, 9.17) is 16.3 Å². The minimum absolute atomic E-state index is 0.829. The van der Waals surface area contributed by atoms with E-state index in [1.807, 2.05) is 42.6 Å². The van der Waals surface area contributed by atoms with Gasteiger partial charge in [0, 0.05) is 20.6 Å². The van der Waals surface area contributed by atoms with E-state index in [1.165, 1.54) is 5.56 Å². The zero-order valence-electron chi connectivity index (χ0n) is 14.2. The van der Waals surface area contributed by atoms with Crippen molar-refractivity contribution >= 4 is 33.7 Å². The molecule has 1 aliphatic heterocycles. The number of methoxy groups -OCH3 is 1. The van der Waals surface area contributed by atoms with Gasteiger partial charge in [-0.1, -0.05) is 45.7 Å². The summed E-state index contributed by atoms with van der Waals surface area (Å²) in [4.78, 5) is 1.54. The van der Waals surface area contributed by atoms with Crippen LogP contribution in [0, 0.1) is 0 Å².